The standard InChI is InChI=1S/C14H26N2S/c1-14(13-2-3-13)11-16(7-6-15-14)10-12-4-8-17-9-5-12/h12-13,15H,2-11H2,1H3. The van der Waals surface area contributed by atoms with Crippen molar-refractivity contribution in [1.29, 1.82) is 0 Å². The van der Waals surface area contributed by atoms with E-state index in [1.165, 1.54) is 63.4 Å². The maximum absolute atomic E-state index is 3.78. The highest BCUT2D eigenvalue weighted by Crippen LogP contribution is 2.41. The summed E-state index contributed by atoms with van der Waals surface area (Å²) < 4.78 is 0. The zero-order valence-corrected chi connectivity index (χ0v) is 11.9. The molecule has 1 saturated carbocycles. The van der Waals surface area contributed by atoms with Crippen LogP contribution in [0.1, 0.15) is 32.6 Å². The number of hydrogen-bond acceptors (Lipinski definition) is 3. The molecule has 2 nitrogen and oxygen atoms in total. The van der Waals surface area contributed by atoms with Gasteiger partial charge in [0.1, 0.15) is 0 Å². The molecular weight excluding hydrogens is 228 g/mol. The Kier molecular flexibility index (Phi) is 3.69. The molecule has 3 heteroatoms. The molecule has 3 aliphatic rings. The Balaban J connectivity index is 1.52. The number of nitrogens with one attached hydrogen (secondary N) is 1. The summed E-state index contributed by atoms with van der Waals surface area (Å²) in [5.74, 6) is 4.75. The third kappa shape index (κ3) is 2.99. The van der Waals surface area contributed by atoms with Crippen LogP contribution in [0.15, 0.2) is 0 Å². The van der Waals surface area contributed by atoms with Gasteiger partial charge in [0, 0.05) is 31.7 Å². The summed E-state index contributed by atoms with van der Waals surface area (Å²) in [6.07, 6.45) is 5.82. The second-order valence-corrected chi connectivity index (χ2v) is 7.63. The molecule has 2 heterocycles. The Labute approximate surface area is 110 Å². The van der Waals surface area contributed by atoms with Crippen LogP contribution in [-0.4, -0.2) is 48.1 Å². The van der Waals surface area contributed by atoms with Gasteiger partial charge in [0.25, 0.3) is 0 Å². The zero-order valence-electron chi connectivity index (χ0n) is 11.1. The summed E-state index contributed by atoms with van der Waals surface area (Å²) in [5.41, 5.74) is 0.432. The fourth-order valence-corrected chi connectivity index (χ4v) is 4.75. The predicted molar refractivity (Wildman–Crippen MR) is 75.6 cm³/mol. The summed E-state index contributed by atoms with van der Waals surface area (Å²) in [7, 11) is 0. The monoisotopic (exact) mass is 254 g/mol. The smallest absolute Gasteiger partial charge is 0.0309 e. The topological polar surface area (TPSA) is 15.3 Å². The van der Waals surface area contributed by atoms with Crippen LogP contribution in [0.25, 0.3) is 0 Å². The normalized spacial score (nSPS) is 37.2. The minimum Gasteiger partial charge on any atom is -0.309 e. The summed E-state index contributed by atoms with van der Waals surface area (Å²) in [4.78, 5) is 2.75. The SMILES string of the molecule is CC1(C2CC2)CN(CC2CCSCC2)CCN1. The fraction of sp³-hybridized carbons (Fsp3) is 1.00. The van der Waals surface area contributed by atoms with Gasteiger partial charge in [0.15, 0.2) is 0 Å². The average molecular weight is 254 g/mol. The average Bonchev–Trinajstić information content (AvgIpc) is 3.14. The molecule has 0 spiro atoms. The van der Waals surface area contributed by atoms with E-state index in [1.807, 2.05) is 0 Å². The largest absolute Gasteiger partial charge is 0.309 e. The highest BCUT2D eigenvalue weighted by atomic mass is 32.2. The quantitative estimate of drug-likeness (QED) is 0.831. The van der Waals surface area contributed by atoms with Gasteiger partial charge >= 0.3 is 0 Å². The molecule has 3 rings (SSSR count). The molecule has 17 heavy (non-hydrogen) atoms. The van der Waals surface area contributed by atoms with Gasteiger partial charge in [-0.3, -0.25) is 4.90 Å². The van der Waals surface area contributed by atoms with Crippen molar-refractivity contribution in [1.82, 2.24) is 10.2 Å². The summed E-state index contributed by atoms with van der Waals surface area (Å²) in [5, 5.41) is 3.78. The molecule has 98 valence electrons. The van der Waals surface area contributed by atoms with Crippen molar-refractivity contribution >= 4 is 11.8 Å². The first-order valence-corrected chi connectivity index (χ1v) is 8.47. The Morgan fingerprint density at radius 2 is 2.00 bits per heavy atom. The van der Waals surface area contributed by atoms with Crippen LogP contribution in [0.3, 0.4) is 0 Å². The second kappa shape index (κ2) is 5.10. The van der Waals surface area contributed by atoms with Crippen LogP contribution >= 0.6 is 11.8 Å². The van der Waals surface area contributed by atoms with Crippen LogP contribution in [-0.2, 0) is 0 Å². The van der Waals surface area contributed by atoms with Crippen molar-refractivity contribution in [3.63, 3.8) is 0 Å². The van der Waals surface area contributed by atoms with E-state index in [2.05, 4.69) is 28.9 Å². The molecule has 1 atom stereocenters. The van der Waals surface area contributed by atoms with Crippen molar-refractivity contribution in [2.24, 2.45) is 11.8 Å². The van der Waals surface area contributed by atoms with Crippen molar-refractivity contribution < 1.29 is 0 Å². The molecule has 0 aromatic carbocycles. The Hall–Kier alpha value is 0.270. The third-order valence-electron chi connectivity index (χ3n) is 4.84. The lowest BCUT2D eigenvalue weighted by molar-refractivity contribution is 0.109. The molecular formula is C14H26N2S. The molecule has 1 aliphatic carbocycles. The van der Waals surface area contributed by atoms with Gasteiger partial charge in [-0.2, -0.15) is 11.8 Å². The van der Waals surface area contributed by atoms with Crippen molar-refractivity contribution in [2.75, 3.05) is 37.7 Å². The van der Waals surface area contributed by atoms with E-state index in [4.69, 9.17) is 0 Å². The highest BCUT2D eigenvalue weighted by Gasteiger charge is 2.43. The lowest BCUT2D eigenvalue weighted by Crippen LogP contribution is -2.60. The number of nitrogens with zero attached hydrogens (tertiary/aromatic N) is 1. The summed E-state index contributed by atoms with van der Waals surface area (Å²) >= 11 is 2.14. The van der Waals surface area contributed by atoms with Crippen molar-refractivity contribution in [3.8, 4) is 0 Å². The van der Waals surface area contributed by atoms with Crippen molar-refractivity contribution in [3.05, 3.63) is 0 Å². The van der Waals surface area contributed by atoms with Crippen LogP contribution in [0.5, 0.6) is 0 Å². The van der Waals surface area contributed by atoms with Gasteiger partial charge in [0.05, 0.1) is 0 Å². The maximum atomic E-state index is 3.78. The first-order valence-electron chi connectivity index (χ1n) is 7.31. The van der Waals surface area contributed by atoms with Gasteiger partial charge in [-0.1, -0.05) is 0 Å². The summed E-state index contributed by atoms with van der Waals surface area (Å²) in [6, 6.07) is 0. The van der Waals surface area contributed by atoms with Crippen molar-refractivity contribution in [2.45, 2.75) is 38.1 Å². The Bertz CT molecular complexity index is 261. The van der Waals surface area contributed by atoms with Gasteiger partial charge < -0.3 is 5.32 Å². The van der Waals surface area contributed by atoms with E-state index in [0.717, 1.165) is 11.8 Å². The number of rotatable bonds is 3. The van der Waals surface area contributed by atoms with E-state index >= 15 is 0 Å². The number of piperazine rings is 1. The highest BCUT2D eigenvalue weighted by molar-refractivity contribution is 7.99. The first kappa shape index (κ1) is 12.3. The van der Waals surface area contributed by atoms with E-state index in [-0.39, 0.29) is 0 Å². The molecule has 1 N–H and O–H groups in total. The lowest BCUT2D eigenvalue weighted by atomic mass is 9.91. The maximum Gasteiger partial charge on any atom is 0.0309 e. The number of thioether (sulfide) groups is 1. The Morgan fingerprint density at radius 3 is 2.71 bits per heavy atom. The molecule has 2 aliphatic heterocycles. The number of hydrogen-bond donors (Lipinski definition) is 1. The predicted octanol–water partition coefficient (Wildman–Crippen LogP) is 2.20. The summed E-state index contributed by atoms with van der Waals surface area (Å²) in [6.45, 7) is 7.58. The molecule has 2 saturated heterocycles. The van der Waals surface area contributed by atoms with Gasteiger partial charge in [0.2, 0.25) is 0 Å². The molecule has 0 amide bonds. The molecule has 0 aromatic heterocycles. The first-order chi connectivity index (χ1) is 8.26. The van der Waals surface area contributed by atoms with Crippen LogP contribution < -0.4 is 5.32 Å². The molecule has 0 radical (unpaired) electrons. The van der Waals surface area contributed by atoms with E-state index in [9.17, 15) is 0 Å². The Morgan fingerprint density at radius 1 is 1.24 bits per heavy atom. The van der Waals surface area contributed by atoms with E-state index in [0.29, 0.717) is 5.54 Å². The van der Waals surface area contributed by atoms with Gasteiger partial charge in [-0.05, 0) is 55.9 Å². The van der Waals surface area contributed by atoms with E-state index < -0.39 is 0 Å². The fourth-order valence-electron chi connectivity index (χ4n) is 3.54. The van der Waals surface area contributed by atoms with Gasteiger partial charge in [-0.25, -0.2) is 0 Å². The second-order valence-electron chi connectivity index (χ2n) is 6.41. The molecule has 1 unspecified atom stereocenters. The lowest BCUT2D eigenvalue weighted by Gasteiger charge is -2.43. The van der Waals surface area contributed by atoms with E-state index in [1.54, 1.807) is 0 Å². The van der Waals surface area contributed by atoms with Crippen LogP contribution in [0.2, 0.25) is 0 Å². The third-order valence-corrected chi connectivity index (χ3v) is 5.89. The minimum absolute atomic E-state index is 0.432. The zero-order chi connectivity index (χ0) is 11.7. The molecule has 0 bridgehead atoms. The van der Waals surface area contributed by atoms with Crippen LogP contribution in [0, 0.1) is 11.8 Å². The molecule has 3 fully saturated rings. The minimum atomic E-state index is 0.432. The van der Waals surface area contributed by atoms with Gasteiger partial charge in [-0.15, -0.1) is 0 Å². The van der Waals surface area contributed by atoms with Crippen LogP contribution in [0.4, 0.5) is 0 Å². The molecule has 0 aromatic rings.